The van der Waals surface area contributed by atoms with E-state index in [-0.39, 0.29) is 6.04 Å². The van der Waals surface area contributed by atoms with Crippen molar-refractivity contribution in [2.75, 3.05) is 0 Å². The summed E-state index contributed by atoms with van der Waals surface area (Å²) in [7, 11) is 0. The lowest BCUT2D eigenvalue weighted by Crippen LogP contribution is -2.14. The topological polar surface area (TPSA) is 38.9 Å². The summed E-state index contributed by atoms with van der Waals surface area (Å²) in [6.07, 6.45) is 2.57. The van der Waals surface area contributed by atoms with Crippen molar-refractivity contribution < 1.29 is 0 Å². The van der Waals surface area contributed by atoms with Gasteiger partial charge in [-0.1, -0.05) is 34.1 Å². The molecule has 1 unspecified atom stereocenters. The molecule has 3 heteroatoms. The molecule has 17 heavy (non-hydrogen) atoms. The Balaban J connectivity index is 2.14. The third kappa shape index (κ3) is 3.14. The SMILES string of the molecule is Cc1cc(C(N)Cc2ccccn2)ccc1Br. The van der Waals surface area contributed by atoms with Crippen molar-refractivity contribution in [1.82, 2.24) is 4.98 Å². The van der Waals surface area contributed by atoms with Crippen molar-refractivity contribution in [1.29, 1.82) is 0 Å². The van der Waals surface area contributed by atoms with E-state index in [2.05, 4.69) is 40.0 Å². The maximum atomic E-state index is 6.19. The normalized spacial score (nSPS) is 12.4. The van der Waals surface area contributed by atoms with E-state index < -0.39 is 0 Å². The van der Waals surface area contributed by atoms with Crippen LogP contribution in [0.5, 0.6) is 0 Å². The zero-order valence-corrected chi connectivity index (χ0v) is 11.3. The lowest BCUT2D eigenvalue weighted by molar-refractivity contribution is 0.706. The first-order chi connectivity index (χ1) is 8.16. The van der Waals surface area contributed by atoms with Gasteiger partial charge >= 0.3 is 0 Å². The summed E-state index contributed by atoms with van der Waals surface area (Å²) in [5.41, 5.74) is 9.58. The van der Waals surface area contributed by atoms with Crippen molar-refractivity contribution in [3.8, 4) is 0 Å². The van der Waals surface area contributed by atoms with E-state index in [1.807, 2.05) is 24.3 Å². The summed E-state index contributed by atoms with van der Waals surface area (Å²) in [5.74, 6) is 0. The molecule has 2 N–H and O–H groups in total. The Morgan fingerprint density at radius 2 is 2.12 bits per heavy atom. The molecule has 0 aliphatic heterocycles. The highest BCUT2D eigenvalue weighted by Gasteiger charge is 2.08. The standard InChI is InChI=1S/C14H15BrN2/c1-10-8-11(5-6-13(10)15)14(16)9-12-4-2-3-7-17-12/h2-8,14H,9,16H2,1H3. The predicted molar refractivity (Wildman–Crippen MR) is 73.7 cm³/mol. The average molecular weight is 291 g/mol. The van der Waals surface area contributed by atoms with Crippen molar-refractivity contribution >= 4 is 15.9 Å². The summed E-state index contributed by atoms with van der Waals surface area (Å²) in [5, 5.41) is 0. The number of halogens is 1. The summed E-state index contributed by atoms with van der Waals surface area (Å²) in [6.45, 7) is 2.07. The first-order valence-electron chi connectivity index (χ1n) is 5.58. The Kier molecular flexibility index (Phi) is 3.92. The van der Waals surface area contributed by atoms with Gasteiger partial charge in [0.05, 0.1) is 0 Å². The minimum absolute atomic E-state index is 0.00306. The first kappa shape index (κ1) is 12.3. The fraction of sp³-hybridized carbons (Fsp3) is 0.214. The van der Waals surface area contributed by atoms with Crippen LogP contribution in [0.25, 0.3) is 0 Å². The zero-order valence-electron chi connectivity index (χ0n) is 9.73. The van der Waals surface area contributed by atoms with Crippen LogP contribution in [0.1, 0.15) is 22.9 Å². The largest absolute Gasteiger partial charge is 0.324 e. The quantitative estimate of drug-likeness (QED) is 0.941. The first-order valence-corrected chi connectivity index (χ1v) is 6.37. The van der Waals surface area contributed by atoms with Gasteiger partial charge < -0.3 is 5.73 Å². The van der Waals surface area contributed by atoms with E-state index in [1.54, 1.807) is 6.20 Å². The smallest absolute Gasteiger partial charge is 0.0422 e. The minimum Gasteiger partial charge on any atom is -0.324 e. The molecule has 2 rings (SSSR count). The lowest BCUT2D eigenvalue weighted by Gasteiger charge is -2.12. The van der Waals surface area contributed by atoms with E-state index in [9.17, 15) is 0 Å². The van der Waals surface area contributed by atoms with Crippen LogP contribution in [-0.4, -0.2) is 4.98 Å². The van der Waals surface area contributed by atoms with Crippen LogP contribution >= 0.6 is 15.9 Å². The fourth-order valence-electron chi connectivity index (χ4n) is 1.76. The van der Waals surface area contributed by atoms with Crippen LogP contribution in [0.15, 0.2) is 47.1 Å². The molecule has 0 aliphatic rings. The molecule has 1 aromatic carbocycles. The van der Waals surface area contributed by atoms with Crippen molar-refractivity contribution in [3.05, 3.63) is 63.9 Å². The van der Waals surface area contributed by atoms with Gasteiger partial charge in [-0.25, -0.2) is 0 Å². The van der Waals surface area contributed by atoms with E-state index in [0.717, 1.165) is 22.2 Å². The minimum atomic E-state index is -0.00306. The molecule has 0 amide bonds. The van der Waals surface area contributed by atoms with Crippen LogP contribution in [0.4, 0.5) is 0 Å². The molecule has 1 aromatic heterocycles. The number of nitrogens with two attached hydrogens (primary N) is 1. The molecule has 0 radical (unpaired) electrons. The molecule has 88 valence electrons. The van der Waals surface area contributed by atoms with E-state index >= 15 is 0 Å². The van der Waals surface area contributed by atoms with Crippen LogP contribution in [0, 0.1) is 6.92 Å². The van der Waals surface area contributed by atoms with Crippen molar-refractivity contribution in [2.24, 2.45) is 5.73 Å². The number of aromatic nitrogens is 1. The summed E-state index contributed by atoms with van der Waals surface area (Å²) >= 11 is 3.49. The second-order valence-corrected chi connectivity index (χ2v) is 4.99. The van der Waals surface area contributed by atoms with Crippen molar-refractivity contribution in [2.45, 2.75) is 19.4 Å². The molecule has 0 spiro atoms. The Hall–Kier alpha value is -1.19. The van der Waals surface area contributed by atoms with Gasteiger partial charge in [0, 0.05) is 28.8 Å². The molecule has 1 heterocycles. The molecule has 2 aromatic rings. The van der Waals surface area contributed by atoms with E-state index in [0.29, 0.717) is 0 Å². The van der Waals surface area contributed by atoms with Gasteiger partial charge in [0.25, 0.3) is 0 Å². The highest BCUT2D eigenvalue weighted by Crippen LogP contribution is 2.21. The third-order valence-electron chi connectivity index (χ3n) is 2.77. The van der Waals surface area contributed by atoms with Crippen molar-refractivity contribution in [3.63, 3.8) is 0 Å². The number of benzene rings is 1. The molecule has 0 bridgehead atoms. The molecule has 0 aliphatic carbocycles. The maximum Gasteiger partial charge on any atom is 0.0422 e. The van der Waals surface area contributed by atoms with E-state index in [1.165, 1.54) is 5.56 Å². The summed E-state index contributed by atoms with van der Waals surface area (Å²) < 4.78 is 1.12. The molecule has 0 fully saturated rings. The van der Waals surface area contributed by atoms with Gasteiger partial charge in [0.1, 0.15) is 0 Å². The Bertz CT molecular complexity index is 497. The van der Waals surface area contributed by atoms with E-state index in [4.69, 9.17) is 5.73 Å². The van der Waals surface area contributed by atoms with Gasteiger partial charge in [-0.3, -0.25) is 4.98 Å². The third-order valence-corrected chi connectivity index (χ3v) is 3.66. The van der Waals surface area contributed by atoms with Gasteiger partial charge in [-0.2, -0.15) is 0 Å². The monoisotopic (exact) mass is 290 g/mol. The maximum absolute atomic E-state index is 6.19. The van der Waals surface area contributed by atoms with Gasteiger partial charge in [0.2, 0.25) is 0 Å². The summed E-state index contributed by atoms with van der Waals surface area (Å²) in [4.78, 5) is 4.29. The molecular weight excluding hydrogens is 276 g/mol. The molecule has 1 atom stereocenters. The van der Waals surface area contributed by atoms with Gasteiger partial charge in [0.15, 0.2) is 0 Å². The Labute approximate surface area is 110 Å². The van der Waals surface area contributed by atoms with Gasteiger partial charge in [-0.15, -0.1) is 0 Å². The number of rotatable bonds is 3. The van der Waals surface area contributed by atoms with Crippen LogP contribution in [0.3, 0.4) is 0 Å². The number of hydrogen-bond donors (Lipinski definition) is 1. The zero-order chi connectivity index (χ0) is 12.3. The Morgan fingerprint density at radius 3 is 2.76 bits per heavy atom. The van der Waals surface area contributed by atoms with Crippen LogP contribution < -0.4 is 5.73 Å². The van der Waals surface area contributed by atoms with Crippen LogP contribution in [-0.2, 0) is 6.42 Å². The van der Waals surface area contributed by atoms with Gasteiger partial charge in [-0.05, 0) is 36.2 Å². The Morgan fingerprint density at radius 1 is 1.29 bits per heavy atom. The molecule has 2 nitrogen and oxygen atoms in total. The molecular formula is C14H15BrN2. The number of pyridine rings is 1. The number of aryl methyl sites for hydroxylation is 1. The number of hydrogen-bond acceptors (Lipinski definition) is 2. The second kappa shape index (κ2) is 5.43. The highest BCUT2D eigenvalue weighted by atomic mass is 79.9. The second-order valence-electron chi connectivity index (χ2n) is 4.14. The highest BCUT2D eigenvalue weighted by molar-refractivity contribution is 9.10. The predicted octanol–water partition coefficient (Wildman–Crippen LogP) is 3.40. The lowest BCUT2D eigenvalue weighted by atomic mass is 10.0. The summed E-state index contributed by atoms with van der Waals surface area (Å²) in [6, 6.07) is 12.1. The fourth-order valence-corrected chi connectivity index (χ4v) is 2.01. The molecule has 0 saturated heterocycles. The average Bonchev–Trinajstić information content (AvgIpc) is 2.34. The number of nitrogens with zero attached hydrogens (tertiary/aromatic N) is 1. The van der Waals surface area contributed by atoms with Crippen LogP contribution in [0.2, 0.25) is 0 Å². The molecule has 0 saturated carbocycles.